The van der Waals surface area contributed by atoms with Gasteiger partial charge in [-0.1, -0.05) is 19.8 Å². The Bertz CT molecular complexity index is 326. The molecule has 1 aromatic heterocycles. The number of rotatable bonds is 2. The van der Waals surface area contributed by atoms with Crippen LogP contribution in [-0.2, 0) is 0 Å². The van der Waals surface area contributed by atoms with E-state index in [2.05, 4.69) is 16.9 Å². The lowest BCUT2D eigenvalue weighted by Crippen LogP contribution is -2.26. The van der Waals surface area contributed by atoms with Crippen LogP contribution in [0.2, 0.25) is 0 Å². The minimum absolute atomic E-state index is 0.0700. The molecule has 0 aliphatic heterocycles. The highest BCUT2D eigenvalue weighted by atomic mass is 14.8. The normalized spacial score (nSPS) is 27.7. The van der Waals surface area contributed by atoms with Crippen molar-refractivity contribution in [1.29, 1.82) is 0 Å². The van der Waals surface area contributed by atoms with E-state index in [1.165, 1.54) is 25.7 Å². The van der Waals surface area contributed by atoms with Gasteiger partial charge in [-0.05, 0) is 31.6 Å². The van der Waals surface area contributed by atoms with Crippen molar-refractivity contribution in [2.45, 2.75) is 45.6 Å². The molecule has 0 spiro atoms. The highest BCUT2D eigenvalue weighted by Gasteiger charge is 2.25. The van der Waals surface area contributed by atoms with Crippen molar-refractivity contribution in [2.75, 3.05) is 0 Å². The molecule has 0 radical (unpaired) electrons. The molecule has 88 valence electrons. The summed E-state index contributed by atoms with van der Waals surface area (Å²) in [4.78, 5) is 8.65. The third-order valence-electron chi connectivity index (χ3n) is 3.71. The Labute approximate surface area is 97.5 Å². The van der Waals surface area contributed by atoms with Crippen molar-refractivity contribution in [3.05, 3.63) is 23.8 Å². The zero-order valence-corrected chi connectivity index (χ0v) is 10.2. The quantitative estimate of drug-likeness (QED) is 0.831. The first kappa shape index (κ1) is 11.5. The molecule has 0 amide bonds. The molecule has 1 aromatic rings. The van der Waals surface area contributed by atoms with Gasteiger partial charge in [0.15, 0.2) is 0 Å². The number of hydrogen-bond donors (Lipinski definition) is 1. The van der Waals surface area contributed by atoms with Crippen molar-refractivity contribution in [2.24, 2.45) is 17.6 Å². The molecule has 1 aliphatic carbocycles. The van der Waals surface area contributed by atoms with E-state index in [-0.39, 0.29) is 6.04 Å². The number of hydrogen-bond acceptors (Lipinski definition) is 3. The van der Waals surface area contributed by atoms with Gasteiger partial charge in [0.05, 0.1) is 23.6 Å². The summed E-state index contributed by atoms with van der Waals surface area (Å²) in [5.41, 5.74) is 8.16. The largest absolute Gasteiger partial charge is 0.322 e. The Hall–Kier alpha value is -0.960. The minimum atomic E-state index is 0.0700. The van der Waals surface area contributed by atoms with Crippen LogP contribution >= 0.6 is 0 Å². The van der Waals surface area contributed by atoms with Crippen LogP contribution in [-0.4, -0.2) is 9.97 Å². The number of aryl methyl sites for hydroxylation is 1. The van der Waals surface area contributed by atoms with E-state index in [1.807, 2.05) is 13.1 Å². The van der Waals surface area contributed by atoms with Gasteiger partial charge in [0.25, 0.3) is 0 Å². The van der Waals surface area contributed by atoms with Crippen LogP contribution in [0.5, 0.6) is 0 Å². The summed E-state index contributed by atoms with van der Waals surface area (Å²) < 4.78 is 0. The van der Waals surface area contributed by atoms with Crippen LogP contribution in [0.25, 0.3) is 0 Å². The first-order valence-corrected chi connectivity index (χ1v) is 6.21. The van der Waals surface area contributed by atoms with E-state index in [0.717, 1.165) is 17.3 Å². The van der Waals surface area contributed by atoms with Gasteiger partial charge in [0, 0.05) is 6.20 Å². The molecule has 1 atom stereocenters. The Balaban J connectivity index is 2.01. The summed E-state index contributed by atoms with van der Waals surface area (Å²) >= 11 is 0. The van der Waals surface area contributed by atoms with Gasteiger partial charge in [0.1, 0.15) is 0 Å². The van der Waals surface area contributed by atoms with E-state index in [0.29, 0.717) is 5.92 Å². The maximum absolute atomic E-state index is 6.26. The summed E-state index contributed by atoms with van der Waals surface area (Å²) in [6, 6.07) is 0.0700. The van der Waals surface area contributed by atoms with Gasteiger partial charge in [-0.2, -0.15) is 0 Å². The average Bonchev–Trinajstić information content (AvgIpc) is 2.30. The van der Waals surface area contributed by atoms with Crippen LogP contribution in [0.1, 0.15) is 50.0 Å². The zero-order chi connectivity index (χ0) is 11.5. The first-order valence-electron chi connectivity index (χ1n) is 6.21. The van der Waals surface area contributed by atoms with Gasteiger partial charge in [-0.15, -0.1) is 0 Å². The lowest BCUT2D eigenvalue weighted by atomic mass is 9.79. The molecule has 1 saturated carbocycles. The summed E-state index contributed by atoms with van der Waals surface area (Å²) in [5, 5.41) is 0. The highest BCUT2D eigenvalue weighted by molar-refractivity contribution is 5.06. The van der Waals surface area contributed by atoms with Crippen LogP contribution in [0.4, 0.5) is 0 Å². The van der Waals surface area contributed by atoms with E-state index in [1.54, 1.807) is 6.20 Å². The predicted molar refractivity (Wildman–Crippen MR) is 64.8 cm³/mol. The zero-order valence-electron chi connectivity index (χ0n) is 10.2. The van der Waals surface area contributed by atoms with Crippen molar-refractivity contribution >= 4 is 0 Å². The van der Waals surface area contributed by atoms with Crippen LogP contribution in [0, 0.1) is 18.8 Å². The molecule has 16 heavy (non-hydrogen) atoms. The molecule has 3 nitrogen and oxygen atoms in total. The standard InChI is InChI=1S/C13H21N3/c1-9-3-5-11(6-4-9)13(14)12-8-15-10(2)7-16-12/h7-9,11,13H,3-6,14H2,1-2H3. The van der Waals surface area contributed by atoms with E-state index < -0.39 is 0 Å². The fraction of sp³-hybridized carbons (Fsp3) is 0.692. The second-order valence-corrected chi connectivity index (χ2v) is 5.13. The highest BCUT2D eigenvalue weighted by Crippen LogP contribution is 2.34. The van der Waals surface area contributed by atoms with Gasteiger partial charge in [0.2, 0.25) is 0 Å². The maximum atomic E-state index is 6.26. The Morgan fingerprint density at radius 1 is 1.19 bits per heavy atom. The lowest BCUT2D eigenvalue weighted by molar-refractivity contribution is 0.253. The maximum Gasteiger partial charge on any atom is 0.0756 e. The minimum Gasteiger partial charge on any atom is -0.322 e. The molecule has 1 unspecified atom stereocenters. The summed E-state index contributed by atoms with van der Waals surface area (Å²) in [7, 11) is 0. The molecule has 2 N–H and O–H groups in total. The Kier molecular flexibility index (Phi) is 3.54. The molecule has 0 bridgehead atoms. The van der Waals surface area contributed by atoms with Crippen molar-refractivity contribution < 1.29 is 0 Å². The Morgan fingerprint density at radius 2 is 1.88 bits per heavy atom. The fourth-order valence-electron chi connectivity index (χ4n) is 2.46. The van der Waals surface area contributed by atoms with E-state index >= 15 is 0 Å². The molecular weight excluding hydrogens is 198 g/mol. The second-order valence-electron chi connectivity index (χ2n) is 5.13. The van der Waals surface area contributed by atoms with Crippen molar-refractivity contribution in [3.63, 3.8) is 0 Å². The SMILES string of the molecule is Cc1cnc(C(N)C2CCC(C)CC2)cn1. The van der Waals surface area contributed by atoms with Gasteiger partial charge in [-0.25, -0.2) is 0 Å². The third-order valence-corrected chi connectivity index (χ3v) is 3.71. The monoisotopic (exact) mass is 219 g/mol. The summed E-state index contributed by atoms with van der Waals surface area (Å²) in [6.45, 7) is 4.28. The van der Waals surface area contributed by atoms with Crippen molar-refractivity contribution in [1.82, 2.24) is 9.97 Å². The second kappa shape index (κ2) is 4.91. The van der Waals surface area contributed by atoms with Gasteiger partial charge < -0.3 is 5.73 Å². The molecule has 0 aromatic carbocycles. The van der Waals surface area contributed by atoms with E-state index in [4.69, 9.17) is 5.73 Å². The average molecular weight is 219 g/mol. The van der Waals surface area contributed by atoms with Gasteiger partial charge in [-0.3, -0.25) is 9.97 Å². The number of nitrogens with zero attached hydrogens (tertiary/aromatic N) is 2. The molecule has 2 rings (SSSR count). The molecule has 1 fully saturated rings. The summed E-state index contributed by atoms with van der Waals surface area (Å²) in [5.74, 6) is 1.46. The summed E-state index contributed by atoms with van der Waals surface area (Å²) in [6.07, 6.45) is 8.71. The van der Waals surface area contributed by atoms with Crippen LogP contribution in [0.15, 0.2) is 12.4 Å². The smallest absolute Gasteiger partial charge is 0.0756 e. The topological polar surface area (TPSA) is 51.8 Å². The van der Waals surface area contributed by atoms with Crippen molar-refractivity contribution in [3.8, 4) is 0 Å². The lowest BCUT2D eigenvalue weighted by Gasteiger charge is -2.30. The molecule has 3 heteroatoms. The predicted octanol–water partition coefficient (Wildman–Crippen LogP) is 2.61. The fourth-order valence-corrected chi connectivity index (χ4v) is 2.46. The third kappa shape index (κ3) is 2.59. The van der Waals surface area contributed by atoms with E-state index in [9.17, 15) is 0 Å². The molecular formula is C13H21N3. The Morgan fingerprint density at radius 3 is 2.44 bits per heavy atom. The number of aromatic nitrogens is 2. The molecule has 1 aliphatic rings. The first-order chi connectivity index (χ1) is 7.66. The van der Waals surface area contributed by atoms with Crippen LogP contribution < -0.4 is 5.73 Å². The number of nitrogens with two attached hydrogens (primary N) is 1. The molecule has 1 heterocycles. The van der Waals surface area contributed by atoms with Crippen LogP contribution in [0.3, 0.4) is 0 Å². The van der Waals surface area contributed by atoms with Gasteiger partial charge >= 0.3 is 0 Å². The molecule has 0 saturated heterocycles.